The zero-order chi connectivity index (χ0) is 13.8. The molecule has 0 atom stereocenters. The molecule has 0 radical (unpaired) electrons. The molecule has 1 saturated heterocycles. The molecule has 1 fully saturated rings. The number of nitrogens with zero attached hydrogens (tertiary/aromatic N) is 2. The lowest BCUT2D eigenvalue weighted by atomic mass is 10.2. The summed E-state index contributed by atoms with van der Waals surface area (Å²) >= 11 is 0. The number of rotatable bonds is 6. The van der Waals surface area contributed by atoms with E-state index in [0.29, 0.717) is 31.9 Å². The molecule has 1 aromatic rings. The summed E-state index contributed by atoms with van der Waals surface area (Å²) in [5.41, 5.74) is 0.472. The van der Waals surface area contributed by atoms with E-state index in [1.54, 1.807) is 0 Å². The Morgan fingerprint density at radius 2 is 2.05 bits per heavy atom. The van der Waals surface area contributed by atoms with Crippen LogP contribution in [-0.4, -0.2) is 30.6 Å². The Hall–Kier alpha value is -1.53. The van der Waals surface area contributed by atoms with E-state index < -0.39 is 12.1 Å². The molecule has 19 heavy (non-hydrogen) atoms. The molecular weight excluding hydrogens is 251 g/mol. The van der Waals surface area contributed by atoms with Gasteiger partial charge >= 0.3 is 0 Å². The highest BCUT2D eigenvalue weighted by atomic mass is 19.1. The van der Waals surface area contributed by atoms with E-state index in [1.807, 2.05) is 13.8 Å². The standard InChI is InChI=1S/C13H17FN2O3/c1-3-18-13(19-4-2)10-6-5-9(14)12(15-10)16-8-7-11(16)17/h5-6,13H,3-4,7-8H2,1-2H3. The number of aromatic nitrogens is 1. The van der Waals surface area contributed by atoms with Crippen molar-refractivity contribution in [3.63, 3.8) is 0 Å². The average molecular weight is 268 g/mol. The summed E-state index contributed by atoms with van der Waals surface area (Å²) in [4.78, 5) is 16.9. The summed E-state index contributed by atoms with van der Waals surface area (Å²) < 4.78 is 24.5. The van der Waals surface area contributed by atoms with E-state index in [-0.39, 0.29) is 11.7 Å². The zero-order valence-electron chi connectivity index (χ0n) is 11.1. The van der Waals surface area contributed by atoms with Crippen LogP contribution in [0, 0.1) is 5.82 Å². The first-order valence-electron chi connectivity index (χ1n) is 6.37. The van der Waals surface area contributed by atoms with Gasteiger partial charge in [0.25, 0.3) is 0 Å². The maximum atomic E-state index is 13.7. The highest BCUT2D eigenvalue weighted by Crippen LogP contribution is 2.26. The van der Waals surface area contributed by atoms with Gasteiger partial charge in [0.2, 0.25) is 12.2 Å². The van der Waals surface area contributed by atoms with Gasteiger partial charge in [0.05, 0.1) is 5.69 Å². The van der Waals surface area contributed by atoms with Gasteiger partial charge in [-0.1, -0.05) is 0 Å². The van der Waals surface area contributed by atoms with Crippen LogP contribution in [0.5, 0.6) is 0 Å². The molecule has 0 aliphatic carbocycles. The molecule has 104 valence electrons. The lowest BCUT2D eigenvalue weighted by molar-refractivity contribution is -0.142. The molecule has 1 amide bonds. The fourth-order valence-corrected chi connectivity index (χ4v) is 1.83. The number of amides is 1. The van der Waals surface area contributed by atoms with Crippen LogP contribution in [-0.2, 0) is 14.3 Å². The number of halogens is 1. The number of β-lactam (4-membered cyclic amide) rings is 1. The van der Waals surface area contributed by atoms with Gasteiger partial charge < -0.3 is 9.47 Å². The minimum Gasteiger partial charge on any atom is -0.347 e. The van der Waals surface area contributed by atoms with Crippen LogP contribution in [0.4, 0.5) is 10.2 Å². The fraction of sp³-hybridized carbons (Fsp3) is 0.538. The minimum absolute atomic E-state index is 0.0538. The summed E-state index contributed by atoms with van der Waals surface area (Å²) in [6, 6.07) is 2.80. The molecule has 0 aromatic carbocycles. The summed E-state index contributed by atoms with van der Waals surface area (Å²) in [5.74, 6) is -0.574. The molecule has 1 aliphatic rings. The molecule has 2 heterocycles. The third kappa shape index (κ3) is 2.90. The number of pyridine rings is 1. The number of carbonyl (C=O) groups excluding carboxylic acids is 1. The van der Waals surface area contributed by atoms with Gasteiger partial charge in [-0.3, -0.25) is 9.69 Å². The third-order valence-corrected chi connectivity index (χ3v) is 2.83. The Morgan fingerprint density at radius 3 is 2.53 bits per heavy atom. The van der Waals surface area contributed by atoms with Gasteiger partial charge in [-0.25, -0.2) is 9.37 Å². The normalized spacial score (nSPS) is 14.9. The summed E-state index contributed by atoms with van der Waals surface area (Å²) in [6.07, 6.45) is -0.197. The zero-order valence-corrected chi connectivity index (χ0v) is 11.1. The van der Waals surface area contributed by atoms with Crippen molar-refractivity contribution in [2.75, 3.05) is 24.7 Å². The third-order valence-electron chi connectivity index (χ3n) is 2.83. The Labute approximate surface area is 111 Å². The summed E-state index contributed by atoms with van der Waals surface area (Å²) in [6.45, 7) is 5.11. The molecule has 0 saturated carbocycles. The van der Waals surface area contributed by atoms with Gasteiger partial charge in [0, 0.05) is 26.2 Å². The van der Waals surface area contributed by atoms with Gasteiger partial charge in [-0.05, 0) is 26.0 Å². The highest BCUT2D eigenvalue weighted by molar-refractivity contribution is 5.98. The highest BCUT2D eigenvalue weighted by Gasteiger charge is 2.29. The van der Waals surface area contributed by atoms with E-state index in [0.717, 1.165) is 0 Å². The van der Waals surface area contributed by atoms with Crippen molar-refractivity contribution >= 4 is 11.7 Å². The van der Waals surface area contributed by atoms with Crippen LogP contribution < -0.4 is 4.90 Å². The molecule has 0 N–H and O–H groups in total. The SMILES string of the molecule is CCOC(OCC)c1ccc(F)c(N2CCC2=O)n1. The van der Waals surface area contributed by atoms with Crippen LogP contribution in [0.15, 0.2) is 12.1 Å². The van der Waals surface area contributed by atoms with Crippen molar-refractivity contribution in [1.82, 2.24) is 4.98 Å². The average Bonchev–Trinajstić information content (AvgIpc) is 2.39. The number of anilines is 1. The van der Waals surface area contributed by atoms with Crippen molar-refractivity contribution in [3.05, 3.63) is 23.6 Å². The van der Waals surface area contributed by atoms with E-state index in [4.69, 9.17) is 9.47 Å². The first-order chi connectivity index (χ1) is 9.17. The van der Waals surface area contributed by atoms with Gasteiger partial charge in [0.1, 0.15) is 0 Å². The number of hydrogen-bond acceptors (Lipinski definition) is 4. The van der Waals surface area contributed by atoms with Crippen molar-refractivity contribution in [3.8, 4) is 0 Å². The molecule has 0 unspecified atom stereocenters. The smallest absolute Gasteiger partial charge is 0.230 e. The van der Waals surface area contributed by atoms with E-state index >= 15 is 0 Å². The van der Waals surface area contributed by atoms with Crippen molar-refractivity contribution < 1.29 is 18.7 Å². The maximum absolute atomic E-state index is 13.7. The lowest BCUT2D eigenvalue weighted by Gasteiger charge is -2.30. The topological polar surface area (TPSA) is 51.7 Å². The first-order valence-corrected chi connectivity index (χ1v) is 6.37. The van der Waals surface area contributed by atoms with Crippen LogP contribution in [0.1, 0.15) is 32.3 Å². The van der Waals surface area contributed by atoms with E-state index in [1.165, 1.54) is 17.0 Å². The van der Waals surface area contributed by atoms with Crippen molar-refractivity contribution in [2.24, 2.45) is 0 Å². The van der Waals surface area contributed by atoms with Crippen LogP contribution >= 0.6 is 0 Å². The van der Waals surface area contributed by atoms with Crippen molar-refractivity contribution in [1.29, 1.82) is 0 Å². The Balaban J connectivity index is 2.25. The molecular formula is C13H17FN2O3. The van der Waals surface area contributed by atoms with Crippen LogP contribution in [0.3, 0.4) is 0 Å². The largest absolute Gasteiger partial charge is 0.347 e. The second-order valence-corrected chi connectivity index (χ2v) is 4.08. The first kappa shape index (κ1) is 13.9. The Kier molecular flexibility index (Phi) is 4.44. The van der Waals surface area contributed by atoms with Gasteiger partial charge in [-0.15, -0.1) is 0 Å². The van der Waals surface area contributed by atoms with Gasteiger partial charge in [0.15, 0.2) is 11.6 Å². The molecule has 0 bridgehead atoms. The summed E-state index contributed by atoms with van der Waals surface area (Å²) in [5, 5.41) is 0. The molecule has 5 nitrogen and oxygen atoms in total. The second kappa shape index (κ2) is 6.08. The second-order valence-electron chi connectivity index (χ2n) is 4.08. The van der Waals surface area contributed by atoms with E-state index in [2.05, 4.69) is 4.98 Å². The van der Waals surface area contributed by atoms with Gasteiger partial charge in [-0.2, -0.15) is 0 Å². The predicted molar refractivity (Wildman–Crippen MR) is 67.2 cm³/mol. The lowest BCUT2D eigenvalue weighted by Crippen LogP contribution is -2.44. The fourth-order valence-electron chi connectivity index (χ4n) is 1.83. The number of carbonyl (C=O) groups is 1. The van der Waals surface area contributed by atoms with Crippen molar-refractivity contribution in [2.45, 2.75) is 26.6 Å². The monoisotopic (exact) mass is 268 g/mol. The van der Waals surface area contributed by atoms with Crippen LogP contribution in [0.25, 0.3) is 0 Å². The molecule has 0 spiro atoms. The Morgan fingerprint density at radius 1 is 1.37 bits per heavy atom. The minimum atomic E-state index is -0.634. The molecule has 1 aliphatic heterocycles. The molecule has 1 aromatic heterocycles. The molecule has 2 rings (SSSR count). The predicted octanol–water partition coefficient (Wildman–Crippen LogP) is 2.03. The van der Waals surface area contributed by atoms with Crippen LogP contribution in [0.2, 0.25) is 0 Å². The number of hydrogen-bond donors (Lipinski definition) is 0. The molecule has 6 heteroatoms. The van der Waals surface area contributed by atoms with E-state index in [9.17, 15) is 9.18 Å². The Bertz CT molecular complexity index is 461. The quantitative estimate of drug-likeness (QED) is 0.585. The maximum Gasteiger partial charge on any atom is 0.230 e. The summed E-state index contributed by atoms with van der Waals surface area (Å²) in [7, 11) is 0. The number of ether oxygens (including phenoxy) is 2.